The number of esters is 1. The molecule has 6 heteroatoms. The molecule has 0 amide bonds. The van der Waals surface area contributed by atoms with Crippen LogP contribution in [0, 0.1) is 0 Å². The minimum absolute atomic E-state index is 0.0324. The Bertz CT molecular complexity index is 554. The van der Waals surface area contributed by atoms with E-state index in [1.165, 1.54) is 26.3 Å². The summed E-state index contributed by atoms with van der Waals surface area (Å²) in [4.78, 5) is 11.3. The molecule has 28 heavy (non-hydrogen) atoms. The van der Waals surface area contributed by atoms with Crippen molar-refractivity contribution in [3.8, 4) is 0 Å². The average Bonchev–Trinajstić information content (AvgIpc) is 2.58. The van der Waals surface area contributed by atoms with E-state index in [9.17, 15) is 15.0 Å². The molecule has 0 saturated heterocycles. The Balaban J connectivity index is 4.63. The summed E-state index contributed by atoms with van der Waals surface area (Å²) < 4.78 is 5.20. The molecule has 4 N–H and O–H groups in total. The van der Waals surface area contributed by atoms with E-state index in [4.69, 9.17) is 14.9 Å². The number of ether oxygens (including phenoxy) is 1. The van der Waals surface area contributed by atoms with Gasteiger partial charge in [0, 0.05) is 13.3 Å². The number of aliphatic hydroxyl groups excluding tert-OH is 3. The minimum atomic E-state index is -1.36. The molecule has 162 valence electrons. The van der Waals surface area contributed by atoms with Crippen LogP contribution in [0.2, 0.25) is 0 Å². The fourth-order valence-electron chi connectivity index (χ4n) is 2.81. The number of rotatable bonds is 13. The number of allylic oxidation sites excluding steroid dienone is 3. The highest BCUT2D eigenvalue weighted by molar-refractivity contribution is 5.66. The predicted molar refractivity (Wildman–Crippen MR) is 111 cm³/mol. The van der Waals surface area contributed by atoms with Gasteiger partial charge in [-0.2, -0.15) is 0 Å². The van der Waals surface area contributed by atoms with Crippen LogP contribution >= 0.6 is 0 Å². The molecule has 0 rings (SSSR count). The zero-order valence-electron chi connectivity index (χ0n) is 17.9. The summed E-state index contributed by atoms with van der Waals surface area (Å²) >= 11 is 0. The van der Waals surface area contributed by atoms with Crippen LogP contribution in [0.15, 0.2) is 34.9 Å². The molecule has 0 saturated carbocycles. The third-order valence-electron chi connectivity index (χ3n) is 4.49. The van der Waals surface area contributed by atoms with Crippen molar-refractivity contribution < 1.29 is 30.0 Å². The molecule has 2 atom stereocenters. The smallest absolute Gasteiger partial charge is 0.303 e. The zero-order valence-corrected chi connectivity index (χ0v) is 17.9. The summed E-state index contributed by atoms with van der Waals surface area (Å²) in [6.45, 7) is 8.14. The Morgan fingerprint density at radius 1 is 1.00 bits per heavy atom. The third-order valence-corrected chi connectivity index (χ3v) is 4.49. The summed E-state index contributed by atoms with van der Waals surface area (Å²) in [6, 6.07) is 0. The molecule has 0 aliphatic heterocycles. The predicted octanol–water partition coefficient (Wildman–Crippen LogP) is 2.80. The lowest BCUT2D eigenvalue weighted by Crippen LogP contribution is -2.46. The number of carbonyl (C=O) groups excluding carboxylic acids is 1. The van der Waals surface area contributed by atoms with Crippen LogP contribution in [0.5, 0.6) is 0 Å². The van der Waals surface area contributed by atoms with Crippen molar-refractivity contribution in [3.63, 3.8) is 0 Å². The van der Waals surface area contributed by atoms with E-state index in [0.717, 1.165) is 36.8 Å². The van der Waals surface area contributed by atoms with Crippen LogP contribution in [-0.2, 0) is 9.53 Å². The van der Waals surface area contributed by atoms with E-state index in [-0.39, 0.29) is 13.2 Å². The van der Waals surface area contributed by atoms with Gasteiger partial charge >= 0.3 is 5.97 Å². The first-order valence-corrected chi connectivity index (χ1v) is 9.79. The van der Waals surface area contributed by atoms with E-state index >= 15 is 0 Å². The van der Waals surface area contributed by atoms with Crippen LogP contribution in [0.4, 0.5) is 0 Å². The second-order valence-corrected chi connectivity index (χ2v) is 7.83. The molecule has 0 aliphatic carbocycles. The van der Waals surface area contributed by atoms with Crippen molar-refractivity contribution in [2.75, 3.05) is 13.2 Å². The Morgan fingerprint density at radius 3 is 2.07 bits per heavy atom. The maximum absolute atomic E-state index is 11.3. The number of hydrogen-bond acceptors (Lipinski definition) is 6. The topological polar surface area (TPSA) is 107 Å². The summed E-state index contributed by atoms with van der Waals surface area (Å²) in [5.41, 5.74) is 1.69. The first-order valence-electron chi connectivity index (χ1n) is 9.79. The number of hydrogen-bond donors (Lipinski definition) is 4. The van der Waals surface area contributed by atoms with Crippen molar-refractivity contribution in [1.82, 2.24) is 0 Å². The van der Waals surface area contributed by atoms with E-state index < -0.39 is 23.8 Å². The molecular weight excluding hydrogens is 360 g/mol. The summed E-state index contributed by atoms with van der Waals surface area (Å²) in [7, 11) is 0. The summed E-state index contributed by atoms with van der Waals surface area (Å²) in [5.74, 6) is -0.489. The minimum Gasteiger partial charge on any atom is -0.459 e. The van der Waals surface area contributed by atoms with Crippen molar-refractivity contribution in [2.24, 2.45) is 0 Å². The van der Waals surface area contributed by atoms with Gasteiger partial charge in [-0.15, -0.1) is 0 Å². The number of carbonyl (C=O) groups is 1. The lowest BCUT2D eigenvalue weighted by atomic mass is 9.92. The third kappa shape index (κ3) is 12.1. The molecule has 2 unspecified atom stereocenters. The highest BCUT2D eigenvalue weighted by atomic mass is 16.6. The van der Waals surface area contributed by atoms with Gasteiger partial charge in [0.2, 0.25) is 0 Å². The maximum atomic E-state index is 11.3. The van der Waals surface area contributed by atoms with Gasteiger partial charge < -0.3 is 25.2 Å². The Hall–Kier alpha value is -1.47. The fourth-order valence-corrected chi connectivity index (χ4v) is 2.81. The Kier molecular flexibility index (Phi) is 12.9. The normalized spacial score (nSPS) is 16.1. The van der Waals surface area contributed by atoms with Gasteiger partial charge in [0.15, 0.2) is 0 Å². The van der Waals surface area contributed by atoms with Crippen molar-refractivity contribution >= 4 is 5.97 Å². The van der Waals surface area contributed by atoms with E-state index in [2.05, 4.69) is 19.1 Å². The van der Waals surface area contributed by atoms with E-state index in [0.29, 0.717) is 6.42 Å². The molecule has 0 aliphatic rings. The first kappa shape index (κ1) is 26.5. The van der Waals surface area contributed by atoms with Crippen LogP contribution < -0.4 is 0 Å². The van der Waals surface area contributed by atoms with Gasteiger partial charge in [-0.25, -0.2) is 0 Å². The summed E-state index contributed by atoms with van der Waals surface area (Å²) in [6.07, 6.45) is 7.45. The molecule has 0 spiro atoms. The SMILES string of the molecule is CC(=O)OC(CC(C)=CCCC(C)=CCCC(=CCO)CO)C(O)C(C)(C)O. The average molecular weight is 399 g/mol. The largest absolute Gasteiger partial charge is 0.459 e. The first-order chi connectivity index (χ1) is 13.0. The molecule has 6 nitrogen and oxygen atoms in total. The molecule has 0 heterocycles. The van der Waals surface area contributed by atoms with Gasteiger partial charge in [0.25, 0.3) is 0 Å². The maximum Gasteiger partial charge on any atom is 0.303 e. The van der Waals surface area contributed by atoms with Crippen molar-refractivity contribution in [3.05, 3.63) is 34.9 Å². The van der Waals surface area contributed by atoms with Crippen molar-refractivity contribution in [2.45, 2.75) is 84.5 Å². The molecule has 0 radical (unpaired) electrons. The van der Waals surface area contributed by atoms with E-state index in [1.807, 2.05) is 6.92 Å². The molecule has 0 aromatic heterocycles. The van der Waals surface area contributed by atoms with Gasteiger partial charge in [0.05, 0.1) is 18.8 Å². The fraction of sp³-hybridized carbons (Fsp3) is 0.682. The molecule has 0 aromatic rings. The molecule has 0 bridgehead atoms. The van der Waals surface area contributed by atoms with Crippen LogP contribution in [0.25, 0.3) is 0 Å². The second kappa shape index (κ2) is 13.7. The van der Waals surface area contributed by atoms with Crippen LogP contribution in [0.3, 0.4) is 0 Å². The van der Waals surface area contributed by atoms with Crippen molar-refractivity contribution in [1.29, 1.82) is 0 Å². The van der Waals surface area contributed by atoms with Gasteiger partial charge in [-0.1, -0.05) is 29.4 Å². The highest BCUT2D eigenvalue weighted by Crippen LogP contribution is 2.21. The van der Waals surface area contributed by atoms with Crippen LogP contribution in [-0.4, -0.2) is 57.4 Å². The van der Waals surface area contributed by atoms with Gasteiger partial charge in [-0.3, -0.25) is 4.79 Å². The summed E-state index contributed by atoms with van der Waals surface area (Å²) in [5, 5.41) is 38.3. The Morgan fingerprint density at radius 2 is 1.57 bits per heavy atom. The van der Waals surface area contributed by atoms with Gasteiger partial charge in [-0.05, 0) is 59.0 Å². The zero-order chi connectivity index (χ0) is 21.7. The van der Waals surface area contributed by atoms with Gasteiger partial charge in [0.1, 0.15) is 12.2 Å². The quantitative estimate of drug-likeness (QED) is 0.281. The standard InChI is InChI=1S/C22H38O6/c1-16(9-7-11-19(15-24)12-13-23)8-6-10-17(2)14-20(28-18(3)25)21(26)22(4,5)27/h9-10,12,20-21,23-24,26-27H,6-8,11,13-15H2,1-5H3. The molecular formula is C22H38O6. The van der Waals surface area contributed by atoms with Crippen LogP contribution in [0.1, 0.15) is 66.7 Å². The highest BCUT2D eigenvalue weighted by Gasteiger charge is 2.34. The monoisotopic (exact) mass is 398 g/mol. The number of aliphatic hydroxyl groups is 4. The Labute approximate surface area is 169 Å². The molecule has 0 fully saturated rings. The second-order valence-electron chi connectivity index (χ2n) is 7.83. The molecule has 0 aromatic carbocycles. The lowest BCUT2D eigenvalue weighted by Gasteiger charge is -2.31. The lowest BCUT2D eigenvalue weighted by molar-refractivity contribution is -0.163. The van der Waals surface area contributed by atoms with E-state index in [1.54, 1.807) is 6.08 Å².